The number of nitrogens with zero attached hydrogens (tertiary/aromatic N) is 2. The minimum Gasteiger partial charge on any atom is -0.334 e. The van der Waals surface area contributed by atoms with Crippen LogP contribution in [0.1, 0.15) is 36.7 Å². The van der Waals surface area contributed by atoms with Crippen molar-refractivity contribution in [1.29, 1.82) is 0 Å². The number of amides is 1. The largest absolute Gasteiger partial charge is 0.334 e. The van der Waals surface area contributed by atoms with Crippen LogP contribution in [0.4, 0.5) is 0 Å². The first-order valence-corrected chi connectivity index (χ1v) is 6.31. The predicted molar refractivity (Wildman–Crippen MR) is 61.5 cm³/mol. The lowest BCUT2D eigenvalue weighted by molar-refractivity contribution is -0.117. The number of carbonyl (C=O) groups excluding carboxylic acids is 2. The van der Waals surface area contributed by atoms with E-state index >= 15 is 0 Å². The third-order valence-corrected chi connectivity index (χ3v) is 3.40. The molecule has 1 amide bonds. The Labute approximate surface area is 98.3 Å². The van der Waals surface area contributed by atoms with Gasteiger partial charge in [0.05, 0.1) is 5.51 Å². The zero-order chi connectivity index (χ0) is 11.5. The summed E-state index contributed by atoms with van der Waals surface area (Å²) in [5.74, 6) is 0.105. The Morgan fingerprint density at radius 3 is 3.06 bits per heavy atom. The van der Waals surface area contributed by atoms with E-state index < -0.39 is 0 Å². The van der Waals surface area contributed by atoms with Gasteiger partial charge in [0.1, 0.15) is 11.5 Å². The van der Waals surface area contributed by atoms with Crippen molar-refractivity contribution in [2.45, 2.75) is 32.2 Å². The maximum atomic E-state index is 12.1. The monoisotopic (exact) mass is 238 g/mol. The first-order valence-electron chi connectivity index (χ1n) is 5.37. The second-order valence-electron chi connectivity index (χ2n) is 4.07. The molecule has 1 aromatic heterocycles. The maximum Gasteiger partial charge on any atom is 0.273 e. The van der Waals surface area contributed by atoms with Gasteiger partial charge in [-0.05, 0) is 19.8 Å². The van der Waals surface area contributed by atoms with Crippen molar-refractivity contribution in [3.8, 4) is 0 Å². The molecule has 1 aromatic rings. The van der Waals surface area contributed by atoms with E-state index in [4.69, 9.17) is 0 Å². The van der Waals surface area contributed by atoms with Crippen LogP contribution in [-0.4, -0.2) is 34.2 Å². The van der Waals surface area contributed by atoms with Gasteiger partial charge in [0, 0.05) is 24.4 Å². The first-order chi connectivity index (χ1) is 7.68. The van der Waals surface area contributed by atoms with Crippen molar-refractivity contribution >= 4 is 23.0 Å². The molecule has 16 heavy (non-hydrogen) atoms. The number of rotatable bonds is 3. The molecule has 5 heteroatoms. The molecule has 0 aromatic carbocycles. The summed E-state index contributed by atoms with van der Waals surface area (Å²) in [4.78, 5) is 29.0. The van der Waals surface area contributed by atoms with Gasteiger partial charge in [0.2, 0.25) is 0 Å². The molecule has 1 aliphatic rings. The number of ketones is 1. The van der Waals surface area contributed by atoms with E-state index in [-0.39, 0.29) is 17.7 Å². The number of thiazole rings is 1. The fraction of sp³-hybridized carbons (Fsp3) is 0.545. The van der Waals surface area contributed by atoms with Gasteiger partial charge in [-0.15, -0.1) is 11.3 Å². The smallest absolute Gasteiger partial charge is 0.273 e. The molecule has 86 valence electrons. The summed E-state index contributed by atoms with van der Waals surface area (Å²) in [6, 6.07) is 0.0756. The Balaban J connectivity index is 2.08. The van der Waals surface area contributed by atoms with Crippen LogP contribution >= 0.6 is 11.3 Å². The number of likely N-dealkylation sites (tertiary alicyclic amines) is 1. The SMILES string of the molecule is CC(=O)CC1CCCN1C(=O)c1cscn1. The van der Waals surface area contributed by atoms with E-state index in [1.807, 2.05) is 0 Å². The molecule has 1 unspecified atom stereocenters. The van der Waals surface area contributed by atoms with Crippen LogP contribution in [0.5, 0.6) is 0 Å². The first kappa shape index (κ1) is 11.3. The fourth-order valence-electron chi connectivity index (χ4n) is 2.11. The Morgan fingerprint density at radius 1 is 1.62 bits per heavy atom. The van der Waals surface area contributed by atoms with E-state index in [9.17, 15) is 9.59 Å². The maximum absolute atomic E-state index is 12.1. The van der Waals surface area contributed by atoms with E-state index in [0.717, 1.165) is 19.4 Å². The molecule has 0 aliphatic carbocycles. The molecule has 0 N–H and O–H groups in total. The highest BCUT2D eigenvalue weighted by Crippen LogP contribution is 2.22. The van der Waals surface area contributed by atoms with Gasteiger partial charge in [0.25, 0.3) is 5.91 Å². The molecule has 1 fully saturated rings. The van der Waals surface area contributed by atoms with Gasteiger partial charge >= 0.3 is 0 Å². The van der Waals surface area contributed by atoms with Gasteiger partial charge in [-0.2, -0.15) is 0 Å². The second-order valence-corrected chi connectivity index (χ2v) is 4.79. The average Bonchev–Trinajstić information content (AvgIpc) is 2.84. The molecular formula is C11H14N2O2S. The van der Waals surface area contributed by atoms with E-state index in [1.54, 1.807) is 22.7 Å². The third-order valence-electron chi connectivity index (χ3n) is 2.81. The molecule has 0 bridgehead atoms. The highest BCUT2D eigenvalue weighted by molar-refractivity contribution is 7.07. The summed E-state index contributed by atoms with van der Waals surface area (Å²) in [5, 5.41) is 1.76. The quantitative estimate of drug-likeness (QED) is 0.805. The Bertz CT molecular complexity index is 389. The van der Waals surface area contributed by atoms with Crippen molar-refractivity contribution in [1.82, 2.24) is 9.88 Å². The highest BCUT2D eigenvalue weighted by Gasteiger charge is 2.30. The molecule has 1 aliphatic heterocycles. The molecule has 2 rings (SSSR count). The lowest BCUT2D eigenvalue weighted by atomic mass is 10.1. The summed E-state index contributed by atoms with van der Waals surface area (Å²) < 4.78 is 0. The molecule has 2 heterocycles. The summed E-state index contributed by atoms with van der Waals surface area (Å²) in [6.07, 6.45) is 2.37. The summed E-state index contributed by atoms with van der Waals surface area (Å²) in [7, 11) is 0. The summed E-state index contributed by atoms with van der Waals surface area (Å²) in [5.41, 5.74) is 2.16. The Kier molecular flexibility index (Phi) is 3.33. The molecule has 1 saturated heterocycles. The Hall–Kier alpha value is -1.23. The van der Waals surface area contributed by atoms with Crippen molar-refractivity contribution in [2.75, 3.05) is 6.54 Å². The second kappa shape index (κ2) is 4.74. The van der Waals surface area contributed by atoms with Gasteiger partial charge in [-0.1, -0.05) is 0 Å². The van der Waals surface area contributed by atoms with Gasteiger partial charge in [-0.25, -0.2) is 4.98 Å². The van der Waals surface area contributed by atoms with Crippen LogP contribution in [0, 0.1) is 0 Å². The fourth-order valence-corrected chi connectivity index (χ4v) is 2.64. The van der Waals surface area contributed by atoms with Crippen molar-refractivity contribution < 1.29 is 9.59 Å². The third kappa shape index (κ3) is 2.29. The minimum absolute atomic E-state index is 0.0370. The molecule has 1 atom stereocenters. The molecule has 0 spiro atoms. The van der Waals surface area contributed by atoms with Crippen molar-refractivity contribution in [2.24, 2.45) is 0 Å². The van der Waals surface area contributed by atoms with Crippen LogP contribution in [0.3, 0.4) is 0 Å². The van der Waals surface area contributed by atoms with E-state index in [2.05, 4.69) is 4.98 Å². The lowest BCUT2D eigenvalue weighted by Crippen LogP contribution is -2.36. The minimum atomic E-state index is -0.0370. The van der Waals surface area contributed by atoms with Crippen LogP contribution in [-0.2, 0) is 4.79 Å². The number of hydrogen-bond acceptors (Lipinski definition) is 4. The van der Waals surface area contributed by atoms with Crippen LogP contribution in [0.2, 0.25) is 0 Å². The van der Waals surface area contributed by atoms with Crippen molar-refractivity contribution in [3.05, 3.63) is 16.6 Å². The van der Waals surface area contributed by atoms with Gasteiger partial charge in [-0.3, -0.25) is 9.59 Å². The van der Waals surface area contributed by atoms with E-state index in [1.165, 1.54) is 11.3 Å². The number of carbonyl (C=O) groups is 2. The van der Waals surface area contributed by atoms with Gasteiger partial charge in [0.15, 0.2) is 0 Å². The van der Waals surface area contributed by atoms with E-state index in [0.29, 0.717) is 12.1 Å². The Morgan fingerprint density at radius 2 is 2.44 bits per heavy atom. The normalized spacial score (nSPS) is 20.1. The van der Waals surface area contributed by atoms with Crippen LogP contribution in [0.15, 0.2) is 10.9 Å². The lowest BCUT2D eigenvalue weighted by Gasteiger charge is -2.22. The molecule has 0 radical (unpaired) electrons. The van der Waals surface area contributed by atoms with Crippen LogP contribution in [0.25, 0.3) is 0 Å². The molecule has 0 saturated carbocycles. The molecule has 4 nitrogen and oxygen atoms in total. The zero-order valence-corrected chi connectivity index (χ0v) is 10.00. The zero-order valence-electron chi connectivity index (χ0n) is 9.18. The van der Waals surface area contributed by atoms with Crippen molar-refractivity contribution in [3.63, 3.8) is 0 Å². The topological polar surface area (TPSA) is 50.3 Å². The standard InChI is InChI=1S/C11H14N2O2S/c1-8(14)5-9-3-2-4-13(9)11(15)10-6-16-7-12-10/h6-7,9H,2-5H2,1H3. The number of aromatic nitrogens is 1. The number of hydrogen-bond donors (Lipinski definition) is 0. The molecular weight excluding hydrogens is 224 g/mol. The summed E-state index contributed by atoms with van der Waals surface area (Å²) in [6.45, 7) is 2.32. The average molecular weight is 238 g/mol. The highest BCUT2D eigenvalue weighted by atomic mass is 32.1. The van der Waals surface area contributed by atoms with Gasteiger partial charge < -0.3 is 4.90 Å². The predicted octanol–water partition coefficient (Wildman–Crippen LogP) is 1.73. The number of Topliss-reactive ketones (excluding diaryl/α,β-unsaturated/α-hetero) is 1. The summed E-state index contributed by atoms with van der Waals surface area (Å²) >= 11 is 1.42. The van der Waals surface area contributed by atoms with Crippen LogP contribution < -0.4 is 0 Å².